The highest BCUT2D eigenvalue weighted by molar-refractivity contribution is 7.09. The molecular weight excluding hydrogens is 258 g/mol. The van der Waals surface area contributed by atoms with Gasteiger partial charge in [0.05, 0.1) is 6.54 Å². The van der Waals surface area contributed by atoms with Crippen LogP contribution in [0, 0.1) is 13.8 Å². The maximum Gasteiger partial charge on any atom is 0.238 e. The number of aryl methyl sites for hydroxylation is 2. The number of carbonyl (C=O) groups excluding carboxylic acids is 1. The Morgan fingerprint density at radius 2 is 2.11 bits per heavy atom. The molecule has 0 radical (unpaired) electrons. The summed E-state index contributed by atoms with van der Waals surface area (Å²) < 4.78 is 0. The van der Waals surface area contributed by atoms with Crippen molar-refractivity contribution in [2.75, 3.05) is 11.9 Å². The van der Waals surface area contributed by atoms with Crippen molar-refractivity contribution in [1.29, 1.82) is 0 Å². The van der Waals surface area contributed by atoms with E-state index in [-0.39, 0.29) is 12.5 Å². The lowest BCUT2D eigenvalue weighted by atomic mass is 10.2. The van der Waals surface area contributed by atoms with E-state index in [1.165, 1.54) is 0 Å². The summed E-state index contributed by atoms with van der Waals surface area (Å²) >= 11 is 1.60. The van der Waals surface area contributed by atoms with Crippen LogP contribution in [0.25, 0.3) is 0 Å². The molecule has 4 nitrogen and oxygen atoms in total. The van der Waals surface area contributed by atoms with Gasteiger partial charge >= 0.3 is 0 Å². The van der Waals surface area contributed by atoms with Crippen LogP contribution in [0.4, 0.5) is 5.69 Å². The van der Waals surface area contributed by atoms with E-state index in [1.54, 1.807) is 11.3 Å². The lowest BCUT2D eigenvalue weighted by molar-refractivity contribution is -0.115. The quantitative estimate of drug-likeness (QED) is 0.881. The van der Waals surface area contributed by atoms with Gasteiger partial charge in [-0.15, -0.1) is 11.3 Å². The summed E-state index contributed by atoms with van der Waals surface area (Å²) in [4.78, 5) is 16.1. The summed E-state index contributed by atoms with van der Waals surface area (Å²) in [5.41, 5.74) is 2.94. The molecular formula is C14H17N3OS. The monoisotopic (exact) mass is 275 g/mol. The lowest BCUT2D eigenvalue weighted by Gasteiger charge is -2.08. The first kappa shape index (κ1) is 13.7. The summed E-state index contributed by atoms with van der Waals surface area (Å²) in [6.07, 6.45) is 0. The molecule has 100 valence electrons. The van der Waals surface area contributed by atoms with Crippen LogP contribution in [-0.4, -0.2) is 17.4 Å². The number of para-hydroxylation sites is 1. The molecule has 0 aliphatic carbocycles. The van der Waals surface area contributed by atoms with Gasteiger partial charge in [-0.1, -0.05) is 18.2 Å². The number of amides is 1. The van der Waals surface area contributed by atoms with Gasteiger partial charge in [-0.05, 0) is 25.5 Å². The third kappa shape index (κ3) is 4.15. The highest BCUT2D eigenvalue weighted by Crippen LogP contribution is 2.12. The van der Waals surface area contributed by atoms with E-state index in [1.807, 2.05) is 43.5 Å². The zero-order chi connectivity index (χ0) is 13.7. The van der Waals surface area contributed by atoms with Crippen molar-refractivity contribution in [3.63, 3.8) is 0 Å². The Morgan fingerprint density at radius 1 is 1.32 bits per heavy atom. The van der Waals surface area contributed by atoms with Gasteiger partial charge in [-0.3, -0.25) is 4.79 Å². The van der Waals surface area contributed by atoms with E-state index in [0.717, 1.165) is 22.0 Å². The predicted molar refractivity (Wildman–Crippen MR) is 78.4 cm³/mol. The molecule has 1 amide bonds. The Morgan fingerprint density at radius 3 is 2.79 bits per heavy atom. The van der Waals surface area contributed by atoms with E-state index in [2.05, 4.69) is 15.6 Å². The summed E-state index contributed by atoms with van der Waals surface area (Å²) in [7, 11) is 0. The fraction of sp³-hybridized carbons (Fsp3) is 0.286. The third-order valence-corrected chi connectivity index (χ3v) is 3.61. The van der Waals surface area contributed by atoms with Crippen molar-refractivity contribution in [3.8, 4) is 0 Å². The van der Waals surface area contributed by atoms with Gasteiger partial charge in [-0.25, -0.2) is 4.98 Å². The Kier molecular flexibility index (Phi) is 4.65. The highest BCUT2D eigenvalue weighted by Gasteiger charge is 2.04. The fourth-order valence-electron chi connectivity index (χ4n) is 1.67. The minimum Gasteiger partial charge on any atom is -0.325 e. The van der Waals surface area contributed by atoms with E-state index in [9.17, 15) is 4.79 Å². The molecule has 2 N–H and O–H groups in total. The minimum atomic E-state index is -0.0393. The number of benzene rings is 1. The largest absolute Gasteiger partial charge is 0.325 e. The summed E-state index contributed by atoms with van der Waals surface area (Å²) in [5.74, 6) is -0.0393. The molecule has 19 heavy (non-hydrogen) atoms. The first-order valence-electron chi connectivity index (χ1n) is 6.12. The molecule has 0 unspecified atom stereocenters. The van der Waals surface area contributed by atoms with Crippen molar-refractivity contribution in [3.05, 3.63) is 45.9 Å². The van der Waals surface area contributed by atoms with Gasteiger partial charge in [-0.2, -0.15) is 0 Å². The summed E-state index contributed by atoms with van der Waals surface area (Å²) in [6, 6.07) is 7.74. The highest BCUT2D eigenvalue weighted by atomic mass is 32.1. The smallest absolute Gasteiger partial charge is 0.238 e. The lowest BCUT2D eigenvalue weighted by Crippen LogP contribution is -2.27. The number of anilines is 1. The van der Waals surface area contributed by atoms with Gasteiger partial charge < -0.3 is 10.6 Å². The Bertz CT molecular complexity index is 565. The number of nitrogens with zero attached hydrogens (tertiary/aromatic N) is 1. The molecule has 0 atom stereocenters. The van der Waals surface area contributed by atoms with Crippen LogP contribution in [-0.2, 0) is 11.3 Å². The molecule has 0 fully saturated rings. The van der Waals surface area contributed by atoms with E-state index >= 15 is 0 Å². The predicted octanol–water partition coefficient (Wildman–Crippen LogP) is 2.49. The first-order chi connectivity index (χ1) is 9.15. The minimum absolute atomic E-state index is 0.0393. The number of thiazole rings is 1. The normalized spacial score (nSPS) is 10.4. The maximum absolute atomic E-state index is 11.8. The molecule has 1 heterocycles. The molecule has 0 saturated carbocycles. The SMILES string of the molecule is Cc1csc(CNCC(=O)Nc2ccccc2C)n1. The first-order valence-corrected chi connectivity index (χ1v) is 7.00. The van der Waals surface area contributed by atoms with Gasteiger partial charge in [0.25, 0.3) is 0 Å². The van der Waals surface area contributed by atoms with Crippen LogP contribution < -0.4 is 10.6 Å². The molecule has 0 aliphatic heterocycles. The van der Waals surface area contributed by atoms with Gasteiger partial charge in [0, 0.05) is 23.3 Å². The second kappa shape index (κ2) is 6.45. The van der Waals surface area contributed by atoms with Gasteiger partial charge in [0.15, 0.2) is 0 Å². The van der Waals surface area contributed by atoms with Crippen molar-refractivity contribution in [2.45, 2.75) is 20.4 Å². The number of hydrogen-bond donors (Lipinski definition) is 2. The average Bonchev–Trinajstić information content (AvgIpc) is 2.78. The third-order valence-electron chi connectivity index (χ3n) is 2.65. The van der Waals surface area contributed by atoms with Crippen LogP contribution in [0.15, 0.2) is 29.6 Å². The molecule has 5 heteroatoms. The Hall–Kier alpha value is -1.72. The molecule has 0 spiro atoms. The number of nitrogens with one attached hydrogen (secondary N) is 2. The summed E-state index contributed by atoms with van der Waals surface area (Å²) in [5, 5.41) is 8.98. The maximum atomic E-state index is 11.8. The van der Waals surface area contributed by atoms with Crippen LogP contribution in [0.5, 0.6) is 0 Å². The van der Waals surface area contributed by atoms with Crippen molar-refractivity contribution in [1.82, 2.24) is 10.3 Å². The number of rotatable bonds is 5. The second-order valence-corrected chi connectivity index (χ2v) is 5.29. The Balaban J connectivity index is 1.77. The van der Waals surface area contributed by atoms with Crippen LogP contribution >= 0.6 is 11.3 Å². The molecule has 0 aliphatic rings. The van der Waals surface area contributed by atoms with Crippen molar-refractivity contribution >= 4 is 22.9 Å². The zero-order valence-corrected chi connectivity index (χ0v) is 11.9. The number of aromatic nitrogens is 1. The topological polar surface area (TPSA) is 54.0 Å². The molecule has 2 rings (SSSR count). The summed E-state index contributed by atoms with van der Waals surface area (Å²) in [6.45, 7) is 4.85. The molecule has 2 aromatic rings. The fourth-order valence-corrected chi connectivity index (χ4v) is 2.42. The zero-order valence-electron chi connectivity index (χ0n) is 11.1. The molecule has 0 saturated heterocycles. The van der Waals surface area contributed by atoms with Gasteiger partial charge in [0.1, 0.15) is 5.01 Å². The van der Waals surface area contributed by atoms with Crippen molar-refractivity contribution in [2.24, 2.45) is 0 Å². The van der Waals surface area contributed by atoms with Gasteiger partial charge in [0.2, 0.25) is 5.91 Å². The molecule has 0 bridgehead atoms. The van der Waals surface area contributed by atoms with Crippen LogP contribution in [0.3, 0.4) is 0 Å². The number of hydrogen-bond acceptors (Lipinski definition) is 4. The number of carbonyl (C=O) groups is 1. The van der Waals surface area contributed by atoms with E-state index in [4.69, 9.17) is 0 Å². The molecule has 1 aromatic heterocycles. The molecule has 1 aromatic carbocycles. The average molecular weight is 275 g/mol. The standard InChI is InChI=1S/C14H17N3OS/c1-10-5-3-4-6-12(10)17-13(18)7-15-8-14-16-11(2)9-19-14/h3-6,9,15H,7-8H2,1-2H3,(H,17,18). The van der Waals surface area contributed by atoms with E-state index in [0.29, 0.717) is 6.54 Å². The Labute approximate surface area is 116 Å². The van der Waals surface area contributed by atoms with Crippen LogP contribution in [0.2, 0.25) is 0 Å². The van der Waals surface area contributed by atoms with Crippen molar-refractivity contribution < 1.29 is 4.79 Å². The van der Waals surface area contributed by atoms with E-state index < -0.39 is 0 Å². The second-order valence-electron chi connectivity index (χ2n) is 4.35. The van der Waals surface area contributed by atoms with Crippen LogP contribution in [0.1, 0.15) is 16.3 Å².